The molecule has 0 N–H and O–H groups in total. The fraction of sp³-hybridized carbons (Fsp3) is 0.100. The highest BCUT2D eigenvalue weighted by molar-refractivity contribution is 9.12. The van der Waals surface area contributed by atoms with Gasteiger partial charge < -0.3 is 4.74 Å². The van der Waals surface area contributed by atoms with Crippen molar-refractivity contribution in [3.05, 3.63) is 39.8 Å². The van der Waals surface area contributed by atoms with Gasteiger partial charge in [-0.3, -0.25) is 0 Å². The van der Waals surface area contributed by atoms with Gasteiger partial charge in [0, 0.05) is 0 Å². The normalized spacial score (nSPS) is 11.1. The van der Waals surface area contributed by atoms with Gasteiger partial charge in [0.25, 0.3) is 0 Å². The van der Waals surface area contributed by atoms with Crippen molar-refractivity contribution in [1.29, 1.82) is 0 Å². The Hall–Kier alpha value is -1.03. The van der Waals surface area contributed by atoms with Gasteiger partial charge in [0.15, 0.2) is 0 Å². The van der Waals surface area contributed by atoms with Crippen molar-refractivity contribution in [2.45, 2.75) is 0 Å². The maximum absolute atomic E-state index is 11.1. The van der Waals surface area contributed by atoms with E-state index < -0.39 is 0 Å². The molecule has 0 aromatic heterocycles. The zero-order chi connectivity index (χ0) is 10.6. The van der Waals surface area contributed by atoms with E-state index in [1.54, 1.807) is 30.3 Å². The quantitative estimate of drug-likeness (QED) is 0.595. The van der Waals surface area contributed by atoms with Crippen LogP contribution in [0.4, 0.5) is 0 Å². The van der Waals surface area contributed by atoms with Gasteiger partial charge in [0.1, 0.15) is 7.85 Å². The Morgan fingerprint density at radius 2 is 2.00 bits per heavy atom. The topological polar surface area (TPSA) is 26.3 Å². The van der Waals surface area contributed by atoms with Gasteiger partial charge in [-0.2, -0.15) is 0 Å². The molecule has 1 aromatic rings. The summed E-state index contributed by atoms with van der Waals surface area (Å²) in [4.78, 5) is 11.1. The van der Waals surface area contributed by atoms with Crippen LogP contribution in [0.2, 0.25) is 0 Å². The van der Waals surface area contributed by atoms with E-state index in [1.165, 1.54) is 7.11 Å². The molecule has 2 nitrogen and oxygen atoms in total. The van der Waals surface area contributed by atoms with Crippen LogP contribution in [0, 0.1) is 0 Å². The van der Waals surface area contributed by atoms with E-state index in [1.807, 2.05) is 0 Å². The molecule has 0 unspecified atom stereocenters. The number of halogens is 1. The lowest BCUT2D eigenvalue weighted by molar-refractivity contribution is 0.0601. The highest BCUT2D eigenvalue weighted by atomic mass is 79.9. The maximum Gasteiger partial charge on any atom is 0.337 e. The predicted molar refractivity (Wildman–Crippen MR) is 60.4 cm³/mol. The highest BCUT2D eigenvalue weighted by Gasteiger charge is 2.02. The smallest absolute Gasteiger partial charge is 0.337 e. The molecule has 0 aliphatic heterocycles. The van der Waals surface area contributed by atoms with Crippen LogP contribution < -0.4 is 0 Å². The third kappa shape index (κ3) is 3.03. The summed E-state index contributed by atoms with van der Waals surface area (Å²) in [6.07, 6.45) is 1.75. The zero-order valence-electron chi connectivity index (χ0n) is 7.66. The number of carbonyl (C=O) groups is 1. The van der Waals surface area contributed by atoms with E-state index in [2.05, 4.69) is 20.7 Å². The van der Waals surface area contributed by atoms with E-state index in [9.17, 15) is 4.79 Å². The van der Waals surface area contributed by atoms with Gasteiger partial charge in [-0.15, -0.1) is 0 Å². The van der Waals surface area contributed by atoms with Crippen molar-refractivity contribution in [1.82, 2.24) is 0 Å². The predicted octanol–water partition coefficient (Wildman–Crippen LogP) is 2.33. The monoisotopic (exact) mass is 250 g/mol. The number of ether oxygens (including phenoxy) is 1. The molecular weight excluding hydrogens is 243 g/mol. The fourth-order valence-corrected chi connectivity index (χ4v) is 1.26. The van der Waals surface area contributed by atoms with Crippen LogP contribution in [-0.2, 0) is 4.74 Å². The molecule has 0 atom stereocenters. The van der Waals surface area contributed by atoms with Crippen molar-refractivity contribution in [3.63, 3.8) is 0 Å². The largest absolute Gasteiger partial charge is 0.465 e. The van der Waals surface area contributed by atoms with E-state index in [-0.39, 0.29) is 5.97 Å². The van der Waals surface area contributed by atoms with Gasteiger partial charge in [0.05, 0.1) is 12.7 Å². The Balaban J connectivity index is 2.89. The van der Waals surface area contributed by atoms with E-state index in [4.69, 9.17) is 7.85 Å². The first-order valence-corrected chi connectivity index (χ1v) is 4.74. The van der Waals surface area contributed by atoms with E-state index in [0.717, 1.165) is 5.56 Å². The summed E-state index contributed by atoms with van der Waals surface area (Å²) >= 11 is 3.12. The Bertz CT molecular complexity index is 353. The molecule has 0 heterocycles. The average Bonchev–Trinajstić information content (AvgIpc) is 2.17. The Morgan fingerprint density at radius 3 is 2.43 bits per heavy atom. The number of hydrogen-bond acceptors (Lipinski definition) is 2. The van der Waals surface area contributed by atoms with Crippen LogP contribution in [0.3, 0.4) is 0 Å². The minimum absolute atomic E-state index is 0.340. The van der Waals surface area contributed by atoms with Crippen LogP contribution in [0.1, 0.15) is 15.9 Å². The SMILES string of the molecule is [B]/C(Br)=C/c1ccc(C(=O)OC)cc1. The van der Waals surface area contributed by atoms with E-state index in [0.29, 0.717) is 9.95 Å². The maximum atomic E-state index is 11.1. The van der Waals surface area contributed by atoms with Gasteiger partial charge in [0.2, 0.25) is 0 Å². The lowest BCUT2D eigenvalue weighted by atomic mass is 10.1. The fourth-order valence-electron chi connectivity index (χ4n) is 0.992. The molecule has 0 saturated carbocycles. The van der Waals surface area contributed by atoms with Crippen LogP contribution in [0.25, 0.3) is 6.08 Å². The molecule has 0 amide bonds. The Labute approximate surface area is 92.5 Å². The van der Waals surface area contributed by atoms with Crippen molar-refractivity contribution in [2.24, 2.45) is 0 Å². The number of methoxy groups -OCH3 is 1. The van der Waals surface area contributed by atoms with E-state index >= 15 is 0 Å². The van der Waals surface area contributed by atoms with Crippen LogP contribution >= 0.6 is 15.9 Å². The molecule has 1 aromatic carbocycles. The number of rotatable bonds is 2. The first kappa shape index (κ1) is 11.1. The van der Waals surface area contributed by atoms with Crippen molar-refractivity contribution in [3.8, 4) is 0 Å². The summed E-state index contributed by atoms with van der Waals surface area (Å²) in [5, 5.41) is 0. The first-order chi connectivity index (χ1) is 6.63. The molecule has 0 spiro atoms. The van der Waals surface area contributed by atoms with Crippen LogP contribution in [0.15, 0.2) is 28.6 Å². The molecule has 0 saturated heterocycles. The van der Waals surface area contributed by atoms with Gasteiger partial charge in [-0.25, -0.2) is 4.79 Å². The number of esters is 1. The van der Waals surface area contributed by atoms with Crippen molar-refractivity contribution in [2.75, 3.05) is 7.11 Å². The highest BCUT2D eigenvalue weighted by Crippen LogP contribution is 2.11. The van der Waals surface area contributed by atoms with Crippen molar-refractivity contribution < 1.29 is 9.53 Å². The molecule has 1 rings (SSSR count). The third-order valence-electron chi connectivity index (χ3n) is 1.64. The molecule has 2 radical (unpaired) electrons. The average molecular weight is 251 g/mol. The second-order valence-electron chi connectivity index (χ2n) is 2.64. The van der Waals surface area contributed by atoms with Gasteiger partial charge >= 0.3 is 5.97 Å². The summed E-state index contributed by atoms with van der Waals surface area (Å²) in [7, 11) is 6.79. The second-order valence-corrected chi connectivity index (χ2v) is 3.56. The molecule has 70 valence electrons. The molecule has 14 heavy (non-hydrogen) atoms. The summed E-state index contributed by atoms with van der Waals surface area (Å²) in [6.45, 7) is 0. The number of benzene rings is 1. The molecular formula is C10H8BBrO2. The molecule has 0 aliphatic carbocycles. The Morgan fingerprint density at radius 1 is 1.43 bits per heavy atom. The lowest BCUT2D eigenvalue weighted by Crippen LogP contribution is -2.00. The number of carbonyl (C=O) groups excluding carboxylic acids is 1. The molecule has 0 aliphatic rings. The number of hydrogen-bond donors (Lipinski definition) is 0. The minimum atomic E-state index is -0.340. The van der Waals surface area contributed by atoms with Crippen LogP contribution in [-0.4, -0.2) is 20.9 Å². The summed E-state index contributed by atoms with van der Waals surface area (Å²) in [6, 6.07) is 6.96. The minimum Gasteiger partial charge on any atom is -0.465 e. The summed E-state index contributed by atoms with van der Waals surface area (Å²) in [5.74, 6) is -0.340. The summed E-state index contributed by atoms with van der Waals surface area (Å²) in [5.41, 5.74) is 1.45. The molecule has 4 heteroatoms. The zero-order valence-corrected chi connectivity index (χ0v) is 9.24. The Kier molecular flexibility index (Phi) is 3.95. The van der Waals surface area contributed by atoms with Gasteiger partial charge in [-0.05, 0) is 17.7 Å². The van der Waals surface area contributed by atoms with Crippen LogP contribution in [0.5, 0.6) is 0 Å². The summed E-state index contributed by atoms with van der Waals surface area (Å²) < 4.78 is 5.11. The molecule has 0 fully saturated rings. The van der Waals surface area contributed by atoms with Gasteiger partial charge in [-0.1, -0.05) is 38.5 Å². The first-order valence-electron chi connectivity index (χ1n) is 3.94. The second kappa shape index (κ2) is 5.01. The third-order valence-corrected chi connectivity index (χ3v) is 1.87. The van der Waals surface area contributed by atoms with Crippen molar-refractivity contribution >= 4 is 35.8 Å². The standard InChI is InChI=1S/C10H8BBrO2/c1-14-10(13)8-4-2-7(3-5-8)6-9(11)12/h2-6H,1H3/b9-6-. The lowest BCUT2D eigenvalue weighted by Gasteiger charge is -1.99. The molecule has 0 bridgehead atoms.